The van der Waals surface area contributed by atoms with E-state index in [4.69, 9.17) is 14.9 Å². The first-order valence-corrected chi connectivity index (χ1v) is 10.5. The number of benzene rings is 3. The van der Waals surface area contributed by atoms with Crippen LogP contribution >= 0.6 is 0 Å². The average molecular weight is 425 g/mol. The fraction of sp³-hybridized carbons (Fsp3) is 0.185. The lowest BCUT2D eigenvalue weighted by atomic mass is 9.96. The molecule has 5 heteroatoms. The second kappa shape index (κ2) is 9.84. The predicted molar refractivity (Wildman–Crippen MR) is 124 cm³/mol. The van der Waals surface area contributed by atoms with Crippen molar-refractivity contribution >= 4 is 16.9 Å². The Morgan fingerprint density at radius 2 is 1.84 bits per heavy atom. The van der Waals surface area contributed by atoms with Crippen LogP contribution in [0.4, 0.5) is 0 Å². The van der Waals surface area contributed by atoms with Gasteiger partial charge in [0.15, 0.2) is 0 Å². The zero-order valence-corrected chi connectivity index (χ0v) is 17.9. The highest BCUT2D eigenvalue weighted by Crippen LogP contribution is 2.23. The summed E-state index contributed by atoms with van der Waals surface area (Å²) in [6, 6.07) is 23.9. The molecule has 3 aromatic carbocycles. The van der Waals surface area contributed by atoms with E-state index in [2.05, 4.69) is 36.2 Å². The fourth-order valence-electron chi connectivity index (χ4n) is 3.62. The molecule has 0 bridgehead atoms. The Kier molecular flexibility index (Phi) is 6.52. The summed E-state index contributed by atoms with van der Waals surface area (Å²) >= 11 is 0. The second-order valence-electron chi connectivity index (χ2n) is 7.61. The van der Waals surface area contributed by atoms with Crippen LogP contribution in [-0.4, -0.2) is 20.9 Å². The zero-order chi connectivity index (χ0) is 22.3. The first kappa shape index (κ1) is 21.2. The second-order valence-corrected chi connectivity index (χ2v) is 7.61. The number of carboxylic acids is 1. The molecule has 0 radical (unpaired) electrons. The van der Waals surface area contributed by atoms with Gasteiger partial charge in [0.1, 0.15) is 12.4 Å². The molecule has 1 atom stereocenters. The van der Waals surface area contributed by atoms with E-state index >= 15 is 0 Å². The van der Waals surface area contributed by atoms with Gasteiger partial charge in [-0.25, -0.2) is 0 Å². The highest BCUT2D eigenvalue weighted by atomic mass is 16.5. The van der Waals surface area contributed by atoms with Crippen LogP contribution in [0, 0.1) is 11.8 Å². The maximum absolute atomic E-state index is 11.1. The van der Waals surface area contributed by atoms with Gasteiger partial charge in [-0.05, 0) is 41.8 Å². The Labute approximate surface area is 187 Å². The Balaban J connectivity index is 1.41. The molecule has 1 unspecified atom stereocenters. The zero-order valence-electron chi connectivity index (χ0n) is 17.9. The van der Waals surface area contributed by atoms with Gasteiger partial charge in [0, 0.05) is 11.6 Å². The number of aromatic nitrogens is 2. The van der Waals surface area contributed by atoms with E-state index in [0.717, 1.165) is 34.3 Å². The van der Waals surface area contributed by atoms with Crippen LogP contribution in [0.3, 0.4) is 0 Å². The molecule has 1 aromatic heterocycles. The van der Waals surface area contributed by atoms with Gasteiger partial charge >= 0.3 is 5.97 Å². The third-order valence-electron chi connectivity index (χ3n) is 5.19. The normalized spacial score (nSPS) is 11.5. The lowest BCUT2D eigenvalue weighted by Gasteiger charge is -2.11. The summed E-state index contributed by atoms with van der Waals surface area (Å²) in [5.74, 6) is 5.31. The molecule has 160 valence electrons. The maximum Gasteiger partial charge on any atom is 0.304 e. The van der Waals surface area contributed by atoms with Gasteiger partial charge in [0.25, 0.3) is 0 Å². The molecular weight excluding hydrogens is 400 g/mol. The average Bonchev–Trinajstić information content (AvgIpc) is 3.19. The van der Waals surface area contributed by atoms with E-state index in [9.17, 15) is 4.79 Å². The molecule has 0 aliphatic heterocycles. The Hall–Kier alpha value is -4.04. The van der Waals surface area contributed by atoms with Crippen molar-refractivity contribution in [2.24, 2.45) is 0 Å². The first-order valence-electron chi connectivity index (χ1n) is 10.5. The molecule has 1 heterocycles. The third-order valence-corrected chi connectivity index (χ3v) is 5.19. The van der Waals surface area contributed by atoms with Crippen molar-refractivity contribution in [1.82, 2.24) is 9.78 Å². The van der Waals surface area contributed by atoms with Crippen LogP contribution in [0.5, 0.6) is 5.75 Å². The number of fused-ring (bicyclic) bond motifs is 1. The van der Waals surface area contributed by atoms with E-state index in [1.165, 1.54) is 5.56 Å². The fourth-order valence-corrected chi connectivity index (χ4v) is 3.62. The van der Waals surface area contributed by atoms with Crippen LogP contribution in [0.1, 0.15) is 36.0 Å². The quantitative estimate of drug-likeness (QED) is 0.393. The van der Waals surface area contributed by atoms with Crippen LogP contribution in [-0.2, 0) is 17.9 Å². The minimum atomic E-state index is -0.861. The van der Waals surface area contributed by atoms with E-state index in [0.29, 0.717) is 6.61 Å². The molecule has 0 spiro atoms. The smallest absolute Gasteiger partial charge is 0.304 e. The number of nitrogens with zero attached hydrogens (tertiary/aromatic N) is 2. The van der Waals surface area contributed by atoms with Crippen molar-refractivity contribution in [1.29, 1.82) is 0 Å². The first-order chi connectivity index (χ1) is 15.6. The largest absolute Gasteiger partial charge is 0.489 e. The minimum Gasteiger partial charge on any atom is -0.489 e. The maximum atomic E-state index is 11.1. The number of rotatable bonds is 8. The lowest BCUT2D eigenvalue weighted by Crippen LogP contribution is -2.04. The molecule has 5 nitrogen and oxygen atoms in total. The number of hydrogen-bond donors (Lipinski definition) is 1. The monoisotopic (exact) mass is 424 g/mol. The van der Waals surface area contributed by atoms with E-state index in [1.807, 2.05) is 59.3 Å². The van der Waals surface area contributed by atoms with E-state index in [-0.39, 0.29) is 12.3 Å². The van der Waals surface area contributed by atoms with Gasteiger partial charge in [-0.1, -0.05) is 60.5 Å². The molecule has 4 aromatic rings. The van der Waals surface area contributed by atoms with Crippen molar-refractivity contribution in [3.05, 3.63) is 95.7 Å². The molecule has 0 saturated heterocycles. The molecular formula is C27H24N2O3. The summed E-state index contributed by atoms with van der Waals surface area (Å²) in [6.07, 6.45) is 2.04. The number of ether oxygens (including phenoxy) is 1. The summed E-state index contributed by atoms with van der Waals surface area (Å²) in [4.78, 5) is 11.1. The van der Waals surface area contributed by atoms with Crippen molar-refractivity contribution in [3.63, 3.8) is 0 Å². The summed E-state index contributed by atoms with van der Waals surface area (Å²) in [7, 11) is 0. The molecule has 0 fully saturated rings. The molecule has 0 amide bonds. The van der Waals surface area contributed by atoms with Crippen LogP contribution < -0.4 is 4.74 Å². The molecule has 32 heavy (non-hydrogen) atoms. The van der Waals surface area contributed by atoms with Crippen molar-refractivity contribution < 1.29 is 14.6 Å². The highest BCUT2D eigenvalue weighted by Gasteiger charge is 2.13. The lowest BCUT2D eigenvalue weighted by molar-refractivity contribution is -0.137. The Bertz CT molecular complexity index is 1270. The van der Waals surface area contributed by atoms with Crippen molar-refractivity contribution in [2.45, 2.75) is 32.4 Å². The molecule has 0 aliphatic rings. The van der Waals surface area contributed by atoms with Crippen LogP contribution in [0.15, 0.2) is 79.0 Å². The number of carbonyl (C=O) groups is 1. The van der Waals surface area contributed by atoms with Gasteiger partial charge in [0.05, 0.1) is 24.4 Å². The van der Waals surface area contributed by atoms with Gasteiger partial charge in [-0.2, -0.15) is 5.10 Å². The Morgan fingerprint density at radius 1 is 1.06 bits per heavy atom. The van der Waals surface area contributed by atoms with Crippen molar-refractivity contribution in [3.8, 4) is 17.6 Å². The third kappa shape index (κ3) is 5.35. The van der Waals surface area contributed by atoms with Crippen molar-refractivity contribution in [2.75, 3.05) is 0 Å². The number of carboxylic acid groups (broad SMARTS) is 1. The molecule has 0 aliphatic carbocycles. The summed E-state index contributed by atoms with van der Waals surface area (Å²) in [6.45, 7) is 2.88. The molecule has 1 N–H and O–H groups in total. The summed E-state index contributed by atoms with van der Waals surface area (Å²) in [5, 5.41) is 14.9. The standard InChI is InChI=1S/C27H24N2O3/c1-2-6-23(16-27(30)31)22-11-13-25(14-12-22)32-19-21-9-10-24-18-29(28-26(24)15-21)17-20-7-4-3-5-8-20/h3-5,7-15,18,23H,16-17,19H2,1H3,(H,30,31). The SMILES string of the molecule is CC#CC(CC(=O)O)c1ccc(OCc2ccc3cn(Cc4ccccc4)nc3c2)cc1. The minimum absolute atomic E-state index is 0.0159. The Morgan fingerprint density at radius 3 is 2.56 bits per heavy atom. The molecule has 0 saturated carbocycles. The van der Waals surface area contributed by atoms with Gasteiger partial charge in [0.2, 0.25) is 0 Å². The van der Waals surface area contributed by atoms with Gasteiger partial charge < -0.3 is 9.84 Å². The summed E-state index contributed by atoms with van der Waals surface area (Å²) in [5.41, 5.74) is 4.06. The van der Waals surface area contributed by atoms with E-state index in [1.54, 1.807) is 6.92 Å². The summed E-state index contributed by atoms with van der Waals surface area (Å²) < 4.78 is 7.89. The van der Waals surface area contributed by atoms with E-state index < -0.39 is 5.97 Å². The number of hydrogen-bond acceptors (Lipinski definition) is 3. The predicted octanol–water partition coefficient (Wildman–Crippen LogP) is 5.25. The van der Waals surface area contributed by atoms with Gasteiger partial charge in [-0.3, -0.25) is 9.48 Å². The van der Waals surface area contributed by atoms with Crippen LogP contribution in [0.2, 0.25) is 0 Å². The highest BCUT2D eigenvalue weighted by molar-refractivity contribution is 5.78. The number of aliphatic carboxylic acids is 1. The van der Waals surface area contributed by atoms with Crippen LogP contribution in [0.25, 0.3) is 10.9 Å². The molecule has 4 rings (SSSR count). The topological polar surface area (TPSA) is 64.3 Å². The van der Waals surface area contributed by atoms with Gasteiger partial charge in [-0.15, -0.1) is 5.92 Å².